The summed E-state index contributed by atoms with van der Waals surface area (Å²) < 4.78 is 15.0. The molecule has 1 heterocycles. The molecule has 0 bridgehead atoms. The molecule has 4 nitrogen and oxygen atoms in total. The van der Waals surface area contributed by atoms with Crippen molar-refractivity contribution >= 4 is 34.8 Å². The molecule has 3 aromatic rings. The fraction of sp³-hybridized carbons (Fsp3) is 0.0476. The van der Waals surface area contributed by atoms with E-state index in [1.54, 1.807) is 24.3 Å². The molecule has 0 aliphatic heterocycles. The molecule has 0 fully saturated rings. The lowest BCUT2D eigenvalue weighted by molar-refractivity contribution is -0.109. The van der Waals surface area contributed by atoms with Crippen molar-refractivity contribution in [3.8, 4) is 5.88 Å². The molecule has 1 aromatic heterocycles. The normalized spacial score (nSPS) is 14.6. The van der Waals surface area contributed by atoms with Crippen molar-refractivity contribution in [2.45, 2.75) is 6.54 Å². The molecule has 6 heteroatoms. The first-order chi connectivity index (χ1) is 13.0. The Morgan fingerprint density at radius 2 is 1.78 bits per heavy atom. The van der Waals surface area contributed by atoms with Crippen LogP contribution in [-0.4, -0.2) is 15.5 Å². The molecule has 1 aliphatic rings. The van der Waals surface area contributed by atoms with Crippen LogP contribution in [0, 0.1) is 5.82 Å². The number of halogens is 1. The largest absolute Gasteiger partial charge is 0.493 e. The van der Waals surface area contributed by atoms with E-state index >= 15 is 0 Å². The Kier molecular flexibility index (Phi) is 4.33. The predicted molar refractivity (Wildman–Crippen MR) is 104 cm³/mol. The third-order valence-corrected chi connectivity index (χ3v) is 5.30. The van der Waals surface area contributed by atoms with Gasteiger partial charge in [0.25, 0.3) is 0 Å². The molecule has 134 valence electrons. The number of nitrogens with zero attached hydrogens (tertiary/aromatic N) is 1. The van der Waals surface area contributed by atoms with Gasteiger partial charge in [-0.15, -0.1) is 0 Å². The van der Waals surface area contributed by atoms with Gasteiger partial charge in [-0.3, -0.25) is 14.2 Å². The van der Waals surface area contributed by atoms with E-state index in [-0.39, 0.29) is 23.1 Å². The number of aromatic hydroxyl groups is 1. The number of carbonyl (C=O) groups excluding carboxylic acids is 1. The molecule has 0 saturated carbocycles. The van der Waals surface area contributed by atoms with Gasteiger partial charge in [-0.25, -0.2) is 4.39 Å². The molecule has 0 saturated heterocycles. The lowest BCUT2D eigenvalue weighted by Gasteiger charge is -2.12. The van der Waals surface area contributed by atoms with E-state index in [2.05, 4.69) is 0 Å². The lowest BCUT2D eigenvalue weighted by Crippen LogP contribution is -2.14. The Hall–Kier alpha value is -3.25. The van der Waals surface area contributed by atoms with Gasteiger partial charge in [0.05, 0.1) is 11.4 Å². The Labute approximate surface area is 158 Å². The van der Waals surface area contributed by atoms with Crippen LogP contribution >= 0.6 is 11.3 Å². The van der Waals surface area contributed by atoms with Crippen LogP contribution in [0.25, 0.3) is 17.7 Å². The first-order valence-electron chi connectivity index (χ1n) is 8.24. The van der Waals surface area contributed by atoms with Crippen molar-refractivity contribution < 1.29 is 14.3 Å². The van der Waals surface area contributed by atoms with Crippen molar-refractivity contribution in [3.63, 3.8) is 0 Å². The highest BCUT2D eigenvalue weighted by Gasteiger charge is 2.20. The summed E-state index contributed by atoms with van der Waals surface area (Å²) in [7, 11) is 0. The highest BCUT2D eigenvalue weighted by Crippen LogP contribution is 2.32. The number of ketones is 1. The molecule has 2 aromatic carbocycles. The zero-order valence-corrected chi connectivity index (χ0v) is 14.9. The standard InChI is InChI=1S/C21H14FNO3S/c22-17-8-4-2-6-14(17)12-23-20(25)19(27-21(23)26)11-16-15-7-3-1-5-13(15)9-10-18(16)24/h1-11,25H,12H2/b16-11-. The second kappa shape index (κ2) is 6.81. The van der Waals surface area contributed by atoms with Crippen LogP contribution in [0.2, 0.25) is 0 Å². The molecule has 1 aliphatic carbocycles. The van der Waals surface area contributed by atoms with Crippen LogP contribution in [0.1, 0.15) is 21.6 Å². The Morgan fingerprint density at radius 3 is 2.59 bits per heavy atom. The summed E-state index contributed by atoms with van der Waals surface area (Å²) in [6.45, 7) is -0.0819. The average Bonchev–Trinajstić information content (AvgIpc) is 2.93. The van der Waals surface area contributed by atoms with Gasteiger partial charge in [-0.1, -0.05) is 59.9 Å². The van der Waals surface area contributed by atoms with Gasteiger partial charge >= 0.3 is 4.87 Å². The molecule has 0 amide bonds. The monoisotopic (exact) mass is 379 g/mol. The average molecular weight is 379 g/mol. The maximum absolute atomic E-state index is 13.9. The Bertz CT molecular complexity index is 1170. The van der Waals surface area contributed by atoms with Crippen LogP contribution in [0.5, 0.6) is 5.88 Å². The van der Waals surface area contributed by atoms with Gasteiger partial charge in [-0.05, 0) is 29.3 Å². The number of allylic oxidation sites excluding steroid dienone is 2. The van der Waals surface area contributed by atoms with E-state index in [0.717, 1.165) is 27.0 Å². The number of benzene rings is 2. The van der Waals surface area contributed by atoms with Gasteiger partial charge in [0.2, 0.25) is 5.88 Å². The van der Waals surface area contributed by atoms with Crippen molar-refractivity contribution in [3.05, 3.63) is 91.7 Å². The van der Waals surface area contributed by atoms with Crippen LogP contribution in [0.3, 0.4) is 0 Å². The predicted octanol–water partition coefficient (Wildman–Crippen LogP) is 3.94. The van der Waals surface area contributed by atoms with Crippen molar-refractivity contribution in [1.29, 1.82) is 0 Å². The topological polar surface area (TPSA) is 59.3 Å². The summed E-state index contributed by atoms with van der Waals surface area (Å²) >= 11 is 0.819. The molecule has 4 rings (SSSR count). The summed E-state index contributed by atoms with van der Waals surface area (Å²) in [5.41, 5.74) is 2.34. The zero-order chi connectivity index (χ0) is 19.0. The van der Waals surface area contributed by atoms with Crippen molar-refractivity contribution in [1.82, 2.24) is 4.57 Å². The van der Waals surface area contributed by atoms with Gasteiger partial charge in [-0.2, -0.15) is 0 Å². The number of hydrogen-bond acceptors (Lipinski definition) is 4. The quantitative estimate of drug-likeness (QED) is 0.702. The molecular formula is C21H14FNO3S. The molecular weight excluding hydrogens is 365 g/mol. The SMILES string of the molecule is O=C1C=Cc2ccccc2/C1=C/c1sc(=O)n(Cc2ccccc2F)c1O. The van der Waals surface area contributed by atoms with Crippen LogP contribution in [0.15, 0.2) is 59.4 Å². The number of carbonyl (C=O) groups is 1. The van der Waals surface area contributed by atoms with E-state index < -0.39 is 10.7 Å². The van der Waals surface area contributed by atoms with Crippen LogP contribution in [-0.2, 0) is 11.3 Å². The molecule has 1 N–H and O–H groups in total. The molecule has 0 radical (unpaired) electrons. The lowest BCUT2D eigenvalue weighted by atomic mass is 9.91. The second-order valence-corrected chi connectivity index (χ2v) is 7.07. The minimum atomic E-state index is -0.448. The summed E-state index contributed by atoms with van der Waals surface area (Å²) in [6, 6.07) is 13.5. The highest BCUT2D eigenvalue weighted by molar-refractivity contribution is 7.10. The smallest absolute Gasteiger partial charge is 0.310 e. The van der Waals surface area contributed by atoms with Crippen LogP contribution in [0.4, 0.5) is 4.39 Å². The maximum atomic E-state index is 13.9. The Balaban J connectivity index is 1.77. The van der Waals surface area contributed by atoms with E-state index in [9.17, 15) is 19.1 Å². The third-order valence-electron chi connectivity index (χ3n) is 4.39. The minimum Gasteiger partial charge on any atom is -0.493 e. The Morgan fingerprint density at radius 1 is 1.04 bits per heavy atom. The van der Waals surface area contributed by atoms with Crippen molar-refractivity contribution in [2.75, 3.05) is 0 Å². The van der Waals surface area contributed by atoms with E-state index in [1.165, 1.54) is 18.2 Å². The second-order valence-electron chi connectivity index (χ2n) is 6.08. The van der Waals surface area contributed by atoms with E-state index in [1.807, 2.05) is 24.3 Å². The van der Waals surface area contributed by atoms with Gasteiger partial charge in [0, 0.05) is 11.1 Å². The minimum absolute atomic E-state index is 0.0819. The van der Waals surface area contributed by atoms with E-state index in [4.69, 9.17) is 0 Å². The van der Waals surface area contributed by atoms with Gasteiger partial charge in [0.1, 0.15) is 5.82 Å². The highest BCUT2D eigenvalue weighted by atomic mass is 32.1. The third kappa shape index (κ3) is 3.15. The van der Waals surface area contributed by atoms with Gasteiger partial charge < -0.3 is 5.11 Å². The fourth-order valence-electron chi connectivity index (χ4n) is 3.00. The fourth-order valence-corrected chi connectivity index (χ4v) is 3.83. The number of rotatable bonds is 3. The number of aromatic nitrogens is 1. The zero-order valence-electron chi connectivity index (χ0n) is 14.1. The molecule has 0 unspecified atom stereocenters. The number of hydrogen-bond donors (Lipinski definition) is 1. The maximum Gasteiger partial charge on any atom is 0.310 e. The first kappa shape index (κ1) is 17.2. The van der Waals surface area contributed by atoms with Crippen LogP contribution < -0.4 is 4.87 Å². The summed E-state index contributed by atoms with van der Waals surface area (Å²) in [5.74, 6) is -0.924. The summed E-state index contributed by atoms with van der Waals surface area (Å²) in [6.07, 6.45) is 4.72. The molecule has 27 heavy (non-hydrogen) atoms. The number of thiazole rings is 1. The van der Waals surface area contributed by atoms with Gasteiger partial charge in [0.15, 0.2) is 5.78 Å². The first-order valence-corrected chi connectivity index (χ1v) is 9.06. The summed E-state index contributed by atoms with van der Waals surface area (Å²) in [4.78, 5) is 24.5. The number of fused-ring (bicyclic) bond motifs is 1. The van der Waals surface area contributed by atoms with Crippen molar-refractivity contribution in [2.24, 2.45) is 0 Å². The molecule has 0 atom stereocenters. The summed E-state index contributed by atoms with van der Waals surface area (Å²) in [5, 5.41) is 10.5. The molecule has 0 spiro atoms. The van der Waals surface area contributed by atoms with E-state index in [0.29, 0.717) is 11.1 Å².